The lowest BCUT2D eigenvalue weighted by Gasteiger charge is -2.01. The largest absolute Gasteiger partial charge is 0.258 e. The van der Waals surface area contributed by atoms with Gasteiger partial charge < -0.3 is 0 Å². The van der Waals surface area contributed by atoms with Gasteiger partial charge in [-0.1, -0.05) is 31.4 Å². The van der Waals surface area contributed by atoms with Gasteiger partial charge in [0.15, 0.2) is 0 Å². The Balaban J connectivity index is 5.04. The van der Waals surface area contributed by atoms with E-state index in [-0.39, 0.29) is 0 Å². The Kier molecular flexibility index (Phi) is 5.53. The molecule has 0 unspecified atom stereocenters. The molecule has 0 aliphatic rings. The highest BCUT2D eigenvalue weighted by molar-refractivity contribution is 5.80. The summed E-state index contributed by atoms with van der Waals surface area (Å²) in [6.07, 6.45) is 7.38. The third-order valence-corrected chi connectivity index (χ3v) is 1.45. The first-order valence-corrected chi connectivity index (χ1v) is 4.29. The summed E-state index contributed by atoms with van der Waals surface area (Å²) in [7, 11) is 0. The van der Waals surface area contributed by atoms with Crippen LogP contribution in [0.25, 0.3) is 0 Å². The van der Waals surface area contributed by atoms with E-state index >= 15 is 0 Å². The Morgan fingerprint density at radius 1 is 1.23 bits per heavy atom. The van der Waals surface area contributed by atoms with Crippen LogP contribution in [0.3, 0.4) is 0 Å². The van der Waals surface area contributed by atoms with Gasteiger partial charge in [0.2, 0.25) is 0 Å². The van der Waals surface area contributed by atoms with Gasteiger partial charge in [-0.3, -0.25) is 4.99 Å². The normalized spacial score (nSPS) is 12.2. The van der Waals surface area contributed by atoms with Gasteiger partial charge in [-0.25, -0.2) is 0 Å². The molecule has 1 heteroatoms. The van der Waals surface area contributed by atoms with E-state index in [9.17, 15) is 0 Å². The van der Waals surface area contributed by atoms with Crippen LogP contribution in [0.4, 0.5) is 0 Å². The summed E-state index contributed by atoms with van der Waals surface area (Å²) in [6.45, 7) is 13.3. The first-order chi connectivity index (χ1) is 6.15. The lowest BCUT2D eigenvalue weighted by atomic mass is 10.1. The van der Waals surface area contributed by atoms with Crippen molar-refractivity contribution in [2.45, 2.75) is 20.8 Å². The maximum Gasteiger partial charge on any atom is 0.0697 e. The second-order valence-electron chi connectivity index (χ2n) is 2.79. The van der Waals surface area contributed by atoms with Gasteiger partial charge in [0.05, 0.1) is 5.70 Å². The number of aliphatic imine (C=N–C) groups is 1. The summed E-state index contributed by atoms with van der Waals surface area (Å²) in [5.74, 6) is 0. The minimum atomic E-state index is 0.910. The first-order valence-electron chi connectivity index (χ1n) is 4.29. The highest BCUT2D eigenvalue weighted by atomic mass is 14.7. The number of allylic oxidation sites excluding steroid dienone is 4. The second kappa shape index (κ2) is 6.18. The molecule has 70 valence electrons. The van der Waals surface area contributed by atoms with Crippen molar-refractivity contribution in [3.8, 4) is 0 Å². The smallest absolute Gasteiger partial charge is 0.0697 e. The molecule has 0 spiro atoms. The van der Waals surface area contributed by atoms with Crippen LogP contribution >= 0.6 is 0 Å². The van der Waals surface area contributed by atoms with E-state index in [1.54, 1.807) is 12.2 Å². The van der Waals surface area contributed by atoms with Gasteiger partial charge in [0.25, 0.3) is 0 Å². The highest BCUT2D eigenvalue weighted by Gasteiger charge is 1.96. The Labute approximate surface area is 80.9 Å². The highest BCUT2D eigenvalue weighted by Crippen LogP contribution is 2.12. The maximum absolute atomic E-state index is 4.38. The molecule has 0 atom stereocenters. The minimum absolute atomic E-state index is 0.910. The summed E-state index contributed by atoms with van der Waals surface area (Å²) >= 11 is 0. The van der Waals surface area contributed by atoms with Gasteiger partial charge >= 0.3 is 0 Å². The number of nitrogens with zero attached hydrogens (tertiary/aromatic N) is 1. The zero-order valence-electron chi connectivity index (χ0n) is 8.67. The van der Waals surface area contributed by atoms with Crippen LogP contribution in [-0.4, -0.2) is 5.71 Å². The molecule has 0 aliphatic heterocycles. The van der Waals surface area contributed by atoms with Crippen LogP contribution in [0.15, 0.2) is 53.7 Å². The molecule has 0 radical (unpaired) electrons. The van der Waals surface area contributed by atoms with E-state index in [0.29, 0.717) is 0 Å². The molecule has 0 aliphatic carbocycles. The van der Waals surface area contributed by atoms with E-state index in [0.717, 1.165) is 17.0 Å². The third-order valence-electron chi connectivity index (χ3n) is 1.45. The standard InChI is InChI=1S/C12H17N/c1-6-9-12(13-10(4)5)11(7-2)8-3/h6-9H,1-2H2,3-5H3/b11-8-,12-9+. The predicted octanol–water partition coefficient (Wildman–Crippen LogP) is 3.67. The van der Waals surface area contributed by atoms with E-state index in [4.69, 9.17) is 0 Å². The molecule has 0 saturated carbocycles. The summed E-state index contributed by atoms with van der Waals surface area (Å²) in [4.78, 5) is 4.38. The lowest BCUT2D eigenvalue weighted by Crippen LogP contribution is -1.87. The summed E-state index contributed by atoms with van der Waals surface area (Å²) in [5, 5.41) is 0. The van der Waals surface area contributed by atoms with Crippen molar-refractivity contribution in [2.24, 2.45) is 4.99 Å². The molecule has 0 fully saturated rings. The molecule has 0 rings (SSSR count). The molecule has 0 aromatic carbocycles. The SMILES string of the molecule is C=C/C=C(N=C(C)C)\C(C=C)=C/C. The van der Waals surface area contributed by atoms with Crippen LogP contribution in [0.1, 0.15) is 20.8 Å². The number of rotatable bonds is 4. The van der Waals surface area contributed by atoms with Crippen molar-refractivity contribution in [3.05, 3.63) is 48.7 Å². The van der Waals surface area contributed by atoms with Crippen LogP contribution in [0.2, 0.25) is 0 Å². The molecular weight excluding hydrogens is 158 g/mol. The van der Waals surface area contributed by atoms with Crippen LogP contribution in [0.5, 0.6) is 0 Å². The Bertz CT molecular complexity index is 273. The Morgan fingerprint density at radius 2 is 1.85 bits per heavy atom. The molecule has 0 saturated heterocycles. The molecule has 1 nitrogen and oxygen atoms in total. The summed E-state index contributed by atoms with van der Waals surface area (Å²) < 4.78 is 0. The van der Waals surface area contributed by atoms with Crippen LogP contribution in [0, 0.1) is 0 Å². The molecule has 0 bridgehead atoms. The van der Waals surface area contributed by atoms with Crippen LogP contribution < -0.4 is 0 Å². The predicted molar refractivity (Wildman–Crippen MR) is 61.0 cm³/mol. The molecule has 0 amide bonds. The molecule has 0 aromatic rings. The van der Waals surface area contributed by atoms with Gasteiger partial charge in [-0.05, 0) is 32.4 Å². The fraction of sp³-hybridized carbons (Fsp3) is 0.250. The minimum Gasteiger partial charge on any atom is -0.258 e. The number of hydrogen-bond acceptors (Lipinski definition) is 1. The van der Waals surface area contributed by atoms with Crippen molar-refractivity contribution in [1.82, 2.24) is 0 Å². The van der Waals surface area contributed by atoms with Crippen LogP contribution in [-0.2, 0) is 0 Å². The zero-order valence-corrected chi connectivity index (χ0v) is 8.67. The van der Waals surface area contributed by atoms with Crippen molar-refractivity contribution >= 4 is 5.71 Å². The Hall–Kier alpha value is -1.37. The zero-order chi connectivity index (χ0) is 10.3. The Morgan fingerprint density at radius 3 is 2.15 bits per heavy atom. The molecule has 0 heterocycles. The van der Waals surface area contributed by atoms with E-state index < -0.39 is 0 Å². The summed E-state index contributed by atoms with van der Waals surface area (Å²) in [5.41, 5.74) is 2.96. The van der Waals surface area contributed by atoms with E-state index in [2.05, 4.69) is 18.2 Å². The molecule has 13 heavy (non-hydrogen) atoms. The quantitative estimate of drug-likeness (QED) is 0.456. The van der Waals surface area contributed by atoms with Crippen molar-refractivity contribution < 1.29 is 0 Å². The maximum atomic E-state index is 4.38. The molecule has 0 N–H and O–H groups in total. The monoisotopic (exact) mass is 175 g/mol. The summed E-state index contributed by atoms with van der Waals surface area (Å²) in [6, 6.07) is 0. The van der Waals surface area contributed by atoms with Gasteiger partial charge in [0.1, 0.15) is 0 Å². The van der Waals surface area contributed by atoms with Crippen molar-refractivity contribution in [3.63, 3.8) is 0 Å². The van der Waals surface area contributed by atoms with Gasteiger partial charge in [0, 0.05) is 5.71 Å². The molecular formula is C12H17N. The lowest BCUT2D eigenvalue weighted by molar-refractivity contribution is 1.31. The van der Waals surface area contributed by atoms with E-state index in [1.807, 2.05) is 32.9 Å². The average molecular weight is 175 g/mol. The fourth-order valence-corrected chi connectivity index (χ4v) is 0.921. The first kappa shape index (κ1) is 11.6. The molecule has 0 aromatic heterocycles. The topological polar surface area (TPSA) is 12.4 Å². The van der Waals surface area contributed by atoms with E-state index in [1.165, 1.54) is 0 Å². The van der Waals surface area contributed by atoms with Crippen molar-refractivity contribution in [2.75, 3.05) is 0 Å². The second-order valence-corrected chi connectivity index (χ2v) is 2.79. The van der Waals surface area contributed by atoms with Crippen molar-refractivity contribution in [1.29, 1.82) is 0 Å². The number of hydrogen-bond donors (Lipinski definition) is 0. The average Bonchev–Trinajstić information content (AvgIpc) is 2.05. The van der Waals surface area contributed by atoms with Gasteiger partial charge in [-0.15, -0.1) is 0 Å². The fourth-order valence-electron chi connectivity index (χ4n) is 0.921. The van der Waals surface area contributed by atoms with Gasteiger partial charge in [-0.2, -0.15) is 0 Å². The third kappa shape index (κ3) is 4.26.